The van der Waals surface area contributed by atoms with Crippen LogP contribution in [0.2, 0.25) is 0 Å². The van der Waals surface area contributed by atoms with Gasteiger partial charge >= 0.3 is 5.97 Å². The number of benzene rings is 1. The summed E-state index contributed by atoms with van der Waals surface area (Å²) in [6.07, 6.45) is 0.0978. The first-order valence-electron chi connectivity index (χ1n) is 5.84. The third-order valence-corrected chi connectivity index (χ3v) is 4.27. The molecular formula is C14H14BrNO2S. The molecule has 0 fully saturated rings. The lowest BCUT2D eigenvalue weighted by atomic mass is 10.2. The molecule has 0 atom stereocenters. The van der Waals surface area contributed by atoms with E-state index in [0.717, 1.165) is 19.9 Å². The number of hydrogen-bond donors (Lipinski definition) is 2. The van der Waals surface area contributed by atoms with Gasteiger partial charge in [-0.3, -0.25) is 4.79 Å². The molecule has 0 aliphatic rings. The Morgan fingerprint density at radius 1 is 1.32 bits per heavy atom. The molecule has 2 N–H and O–H groups in total. The summed E-state index contributed by atoms with van der Waals surface area (Å²) >= 11 is 4.99. The van der Waals surface area contributed by atoms with Crippen molar-refractivity contribution in [2.45, 2.75) is 19.9 Å². The van der Waals surface area contributed by atoms with Crippen LogP contribution in [0.1, 0.15) is 15.3 Å². The minimum absolute atomic E-state index is 0.0978. The van der Waals surface area contributed by atoms with Gasteiger partial charge in [-0.25, -0.2) is 0 Å². The summed E-state index contributed by atoms with van der Waals surface area (Å²) in [6.45, 7) is 2.76. The summed E-state index contributed by atoms with van der Waals surface area (Å²) in [5.41, 5.74) is 2.27. The molecule has 1 aromatic heterocycles. The van der Waals surface area contributed by atoms with Gasteiger partial charge in [0.1, 0.15) is 0 Å². The molecule has 100 valence electrons. The lowest BCUT2D eigenvalue weighted by molar-refractivity contribution is -0.136. The number of nitrogens with one attached hydrogen (secondary N) is 1. The van der Waals surface area contributed by atoms with Crippen molar-refractivity contribution in [3.63, 3.8) is 0 Å². The van der Waals surface area contributed by atoms with Crippen molar-refractivity contribution in [1.82, 2.24) is 0 Å². The highest BCUT2D eigenvalue weighted by molar-refractivity contribution is 9.10. The molecule has 0 aliphatic carbocycles. The van der Waals surface area contributed by atoms with Crippen LogP contribution in [0.15, 0.2) is 34.8 Å². The Bertz CT molecular complexity index is 595. The van der Waals surface area contributed by atoms with Gasteiger partial charge in [0.2, 0.25) is 0 Å². The molecular weight excluding hydrogens is 326 g/mol. The quantitative estimate of drug-likeness (QED) is 0.863. The van der Waals surface area contributed by atoms with Crippen LogP contribution in [-0.2, 0) is 17.8 Å². The average molecular weight is 340 g/mol. The number of aliphatic carboxylic acids is 1. The summed E-state index contributed by atoms with van der Waals surface area (Å²) in [6, 6.07) is 9.96. The molecule has 1 aromatic carbocycles. The van der Waals surface area contributed by atoms with Crippen LogP contribution in [-0.4, -0.2) is 11.1 Å². The van der Waals surface area contributed by atoms with Gasteiger partial charge in [0.05, 0.1) is 6.42 Å². The van der Waals surface area contributed by atoms with Crippen molar-refractivity contribution in [1.29, 1.82) is 0 Å². The van der Waals surface area contributed by atoms with Gasteiger partial charge in [-0.15, -0.1) is 11.3 Å². The number of anilines is 1. The minimum Gasteiger partial charge on any atom is -0.481 e. The molecule has 5 heteroatoms. The Hall–Kier alpha value is -1.33. The van der Waals surface area contributed by atoms with E-state index in [9.17, 15) is 4.79 Å². The van der Waals surface area contributed by atoms with E-state index < -0.39 is 5.97 Å². The minimum atomic E-state index is -0.788. The van der Waals surface area contributed by atoms with Crippen molar-refractivity contribution >= 4 is 38.9 Å². The number of carboxylic acid groups (broad SMARTS) is 1. The van der Waals surface area contributed by atoms with E-state index >= 15 is 0 Å². The van der Waals surface area contributed by atoms with Crippen molar-refractivity contribution < 1.29 is 9.90 Å². The van der Waals surface area contributed by atoms with Gasteiger partial charge < -0.3 is 10.4 Å². The van der Waals surface area contributed by atoms with Crippen molar-refractivity contribution in [3.8, 4) is 0 Å². The molecule has 0 radical (unpaired) electrons. The molecule has 2 rings (SSSR count). The highest BCUT2D eigenvalue weighted by Crippen LogP contribution is 2.23. The maximum absolute atomic E-state index is 10.6. The Balaban J connectivity index is 2.00. The zero-order valence-corrected chi connectivity index (χ0v) is 12.8. The zero-order valence-electron chi connectivity index (χ0n) is 10.4. The number of halogens is 1. The lowest BCUT2D eigenvalue weighted by Gasteiger charge is -2.08. The highest BCUT2D eigenvalue weighted by atomic mass is 79.9. The third kappa shape index (κ3) is 4.08. The summed E-state index contributed by atoms with van der Waals surface area (Å²) in [5.74, 6) is -0.788. The van der Waals surface area contributed by atoms with Crippen LogP contribution in [0.3, 0.4) is 0 Å². The maximum Gasteiger partial charge on any atom is 0.308 e. The van der Waals surface area contributed by atoms with Gasteiger partial charge in [0.15, 0.2) is 0 Å². The van der Waals surface area contributed by atoms with E-state index in [-0.39, 0.29) is 6.42 Å². The van der Waals surface area contributed by atoms with Gasteiger partial charge in [-0.05, 0) is 36.8 Å². The number of carboxylic acids is 1. The fourth-order valence-corrected chi connectivity index (χ4v) is 3.04. The second-order valence-electron chi connectivity index (χ2n) is 4.25. The van der Waals surface area contributed by atoms with Crippen molar-refractivity contribution in [2.24, 2.45) is 0 Å². The van der Waals surface area contributed by atoms with Crippen LogP contribution in [0.25, 0.3) is 0 Å². The first kappa shape index (κ1) is 14.1. The van der Waals surface area contributed by atoms with E-state index in [1.165, 1.54) is 16.9 Å². The second kappa shape index (κ2) is 6.21. The van der Waals surface area contributed by atoms with E-state index in [2.05, 4.69) is 34.2 Å². The first-order chi connectivity index (χ1) is 9.04. The smallest absolute Gasteiger partial charge is 0.308 e. The molecule has 0 saturated carbocycles. The molecule has 19 heavy (non-hydrogen) atoms. The number of thiophene rings is 1. The van der Waals surface area contributed by atoms with Gasteiger partial charge in [0, 0.05) is 26.5 Å². The summed E-state index contributed by atoms with van der Waals surface area (Å²) in [4.78, 5) is 12.6. The van der Waals surface area contributed by atoms with Crippen LogP contribution in [0.5, 0.6) is 0 Å². The van der Waals surface area contributed by atoms with Crippen LogP contribution in [0.4, 0.5) is 5.69 Å². The van der Waals surface area contributed by atoms with Gasteiger partial charge in [-0.1, -0.05) is 22.0 Å². The lowest BCUT2D eigenvalue weighted by Crippen LogP contribution is -1.99. The molecule has 1 heterocycles. The van der Waals surface area contributed by atoms with E-state index in [0.29, 0.717) is 6.54 Å². The predicted molar refractivity (Wildman–Crippen MR) is 81.9 cm³/mol. The summed E-state index contributed by atoms with van der Waals surface area (Å²) in [5, 5.41) is 12.1. The van der Waals surface area contributed by atoms with E-state index in [1.807, 2.05) is 24.3 Å². The van der Waals surface area contributed by atoms with Gasteiger partial charge in [-0.2, -0.15) is 0 Å². The van der Waals surface area contributed by atoms with E-state index in [4.69, 9.17) is 5.11 Å². The molecule has 0 bridgehead atoms. The average Bonchev–Trinajstić information content (AvgIpc) is 2.77. The number of rotatable bonds is 5. The van der Waals surface area contributed by atoms with Crippen molar-refractivity contribution in [3.05, 3.63) is 50.1 Å². The standard InChI is InChI=1S/C14H14BrNO2S/c1-9-2-3-10(15)6-13(9)16-8-12-5-4-11(19-12)7-14(17)18/h2-6,16H,7-8H2,1H3,(H,17,18). The monoisotopic (exact) mass is 339 g/mol. The predicted octanol–water partition coefficient (Wildman–Crippen LogP) is 4.06. The largest absolute Gasteiger partial charge is 0.481 e. The topological polar surface area (TPSA) is 49.3 Å². The van der Waals surface area contributed by atoms with E-state index in [1.54, 1.807) is 0 Å². The molecule has 0 aliphatic heterocycles. The Kier molecular flexibility index (Phi) is 4.61. The number of aryl methyl sites for hydroxylation is 1. The molecule has 0 amide bonds. The zero-order chi connectivity index (χ0) is 13.8. The van der Waals surface area contributed by atoms with Crippen molar-refractivity contribution in [2.75, 3.05) is 5.32 Å². The Morgan fingerprint density at radius 3 is 2.79 bits per heavy atom. The first-order valence-corrected chi connectivity index (χ1v) is 7.45. The maximum atomic E-state index is 10.6. The van der Waals surface area contributed by atoms with Crippen LogP contribution in [0, 0.1) is 6.92 Å². The molecule has 0 spiro atoms. The normalized spacial score (nSPS) is 10.4. The molecule has 2 aromatic rings. The molecule has 0 saturated heterocycles. The van der Waals surface area contributed by atoms with Crippen LogP contribution < -0.4 is 5.32 Å². The summed E-state index contributed by atoms with van der Waals surface area (Å²) < 4.78 is 1.04. The van der Waals surface area contributed by atoms with Crippen LogP contribution >= 0.6 is 27.3 Å². The SMILES string of the molecule is Cc1ccc(Br)cc1NCc1ccc(CC(=O)O)s1. The van der Waals surface area contributed by atoms with Gasteiger partial charge in [0.25, 0.3) is 0 Å². The Labute approximate surface area is 124 Å². The molecule has 3 nitrogen and oxygen atoms in total. The molecule has 0 unspecified atom stereocenters. The fraction of sp³-hybridized carbons (Fsp3) is 0.214. The fourth-order valence-electron chi connectivity index (χ4n) is 1.73. The third-order valence-electron chi connectivity index (χ3n) is 2.70. The highest BCUT2D eigenvalue weighted by Gasteiger charge is 2.05. The number of carbonyl (C=O) groups is 1. The Morgan fingerprint density at radius 2 is 2.05 bits per heavy atom. The number of hydrogen-bond acceptors (Lipinski definition) is 3. The summed E-state index contributed by atoms with van der Waals surface area (Å²) in [7, 11) is 0. The second-order valence-corrected chi connectivity index (χ2v) is 6.42.